The van der Waals surface area contributed by atoms with Crippen molar-refractivity contribution in [3.05, 3.63) is 64.1 Å². The number of nitrogens with one attached hydrogen (secondary N) is 1. The Morgan fingerprint density at radius 2 is 1.62 bits per heavy atom. The van der Waals surface area contributed by atoms with Gasteiger partial charge in [-0.05, 0) is 23.8 Å². The SMILES string of the molecule is N#CC(NS(=O)(=O)c1cc(Cl)cc(Cl)c1)c1ccccc1. The summed E-state index contributed by atoms with van der Waals surface area (Å²) in [5, 5.41) is 9.58. The first-order chi connectivity index (χ1) is 9.92. The molecule has 7 heteroatoms. The molecule has 108 valence electrons. The van der Waals surface area contributed by atoms with E-state index in [1.54, 1.807) is 30.3 Å². The Hall–Kier alpha value is -1.58. The average Bonchev–Trinajstić information content (AvgIpc) is 2.45. The van der Waals surface area contributed by atoms with Gasteiger partial charge in [0.2, 0.25) is 10.0 Å². The minimum absolute atomic E-state index is 0.0869. The van der Waals surface area contributed by atoms with Crippen molar-refractivity contribution in [2.45, 2.75) is 10.9 Å². The number of nitrogens with zero attached hydrogens (tertiary/aromatic N) is 1. The van der Waals surface area contributed by atoms with Crippen LogP contribution in [0.4, 0.5) is 0 Å². The van der Waals surface area contributed by atoms with Gasteiger partial charge in [0, 0.05) is 10.0 Å². The van der Waals surface area contributed by atoms with Crippen LogP contribution in [0.5, 0.6) is 0 Å². The lowest BCUT2D eigenvalue weighted by Gasteiger charge is -2.13. The molecule has 2 aromatic carbocycles. The van der Waals surface area contributed by atoms with Gasteiger partial charge in [-0.25, -0.2) is 8.42 Å². The topological polar surface area (TPSA) is 70.0 Å². The van der Waals surface area contributed by atoms with Crippen molar-refractivity contribution in [1.82, 2.24) is 4.72 Å². The van der Waals surface area contributed by atoms with E-state index in [1.165, 1.54) is 18.2 Å². The van der Waals surface area contributed by atoms with Crippen molar-refractivity contribution in [3.8, 4) is 6.07 Å². The lowest BCUT2D eigenvalue weighted by Crippen LogP contribution is -2.27. The molecule has 4 nitrogen and oxygen atoms in total. The van der Waals surface area contributed by atoms with Crippen molar-refractivity contribution in [1.29, 1.82) is 5.26 Å². The second kappa shape index (κ2) is 6.46. The summed E-state index contributed by atoms with van der Waals surface area (Å²) in [4.78, 5) is -0.0869. The Bertz CT molecular complexity index is 766. The highest BCUT2D eigenvalue weighted by molar-refractivity contribution is 7.89. The third kappa shape index (κ3) is 3.96. The fraction of sp³-hybridized carbons (Fsp3) is 0.0714. The van der Waals surface area contributed by atoms with Crippen LogP contribution in [0.3, 0.4) is 0 Å². The molecule has 1 N–H and O–H groups in total. The van der Waals surface area contributed by atoms with E-state index in [0.29, 0.717) is 5.56 Å². The van der Waals surface area contributed by atoms with Crippen molar-refractivity contribution in [2.75, 3.05) is 0 Å². The Morgan fingerprint density at radius 1 is 1.05 bits per heavy atom. The van der Waals surface area contributed by atoms with E-state index < -0.39 is 16.1 Å². The monoisotopic (exact) mass is 340 g/mol. The Kier molecular flexibility index (Phi) is 4.86. The van der Waals surface area contributed by atoms with Crippen LogP contribution in [-0.2, 0) is 10.0 Å². The molecule has 0 amide bonds. The van der Waals surface area contributed by atoms with Crippen LogP contribution < -0.4 is 4.72 Å². The molecule has 1 unspecified atom stereocenters. The molecule has 2 aromatic rings. The minimum Gasteiger partial charge on any atom is -0.207 e. The maximum Gasteiger partial charge on any atom is 0.242 e. The molecule has 0 bridgehead atoms. The smallest absolute Gasteiger partial charge is 0.207 e. The zero-order valence-electron chi connectivity index (χ0n) is 10.6. The molecule has 0 aliphatic rings. The van der Waals surface area contributed by atoms with Crippen LogP contribution in [0, 0.1) is 11.3 Å². The summed E-state index contributed by atoms with van der Waals surface area (Å²) < 4.78 is 26.9. The third-order valence-electron chi connectivity index (χ3n) is 2.68. The van der Waals surface area contributed by atoms with E-state index >= 15 is 0 Å². The number of sulfonamides is 1. The zero-order chi connectivity index (χ0) is 15.5. The standard InChI is InChI=1S/C14H10Cl2N2O2S/c15-11-6-12(16)8-13(7-11)21(19,20)18-14(9-17)10-4-2-1-3-5-10/h1-8,14,18H. The van der Waals surface area contributed by atoms with Gasteiger partial charge >= 0.3 is 0 Å². The molecule has 0 fully saturated rings. The minimum atomic E-state index is -3.91. The number of hydrogen-bond acceptors (Lipinski definition) is 3. The number of halogens is 2. The molecular formula is C14H10Cl2N2O2S. The fourth-order valence-corrected chi connectivity index (χ4v) is 3.58. The Morgan fingerprint density at radius 3 is 2.14 bits per heavy atom. The van der Waals surface area contributed by atoms with Gasteiger partial charge in [-0.15, -0.1) is 0 Å². The van der Waals surface area contributed by atoms with Gasteiger partial charge in [0.15, 0.2) is 0 Å². The fourth-order valence-electron chi connectivity index (χ4n) is 1.72. The zero-order valence-corrected chi connectivity index (χ0v) is 13.0. The van der Waals surface area contributed by atoms with Crippen LogP contribution in [0.25, 0.3) is 0 Å². The first kappa shape index (κ1) is 15.8. The highest BCUT2D eigenvalue weighted by atomic mass is 35.5. The van der Waals surface area contributed by atoms with E-state index in [2.05, 4.69) is 4.72 Å². The summed E-state index contributed by atoms with van der Waals surface area (Å²) in [7, 11) is -3.91. The quantitative estimate of drug-likeness (QED) is 0.925. The molecule has 0 saturated carbocycles. The van der Waals surface area contributed by atoms with Gasteiger partial charge in [-0.2, -0.15) is 9.98 Å². The predicted octanol–water partition coefficient (Wildman–Crippen LogP) is 3.54. The highest BCUT2D eigenvalue weighted by Crippen LogP contribution is 2.23. The maximum absolute atomic E-state index is 12.3. The molecule has 0 radical (unpaired) electrons. The van der Waals surface area contributed by atoms with Gasteiger partial charge in [-0.1, -0.05) is 53.5 Å². The Labute approximate surface area is 133 Å². The van der Waals surface area contributed by atoms with Gasteiger partial charge in [0.25, 0.3) is 0 Å². The van der Waals surface area contributed by atoms with Crippen LogP contribution >= 0.6 is 23.2 Å². The van der Waals surface area contributed by atoms with Crippen LogP contribution in [0.2, 0.25) is 10.0 Å². The second-order valence-electron chi connectivity index (χ2n) is 4.20. The predicted molar refractivity (Wildman–Crippen MR) is 81.6 cm³/mol. The van der Waals surface area contributed by atoms with Gasteiger partial charge in [0.1, 0.15) is 6.04 Å². The lowest BCUT2D eigenvalue weighted by atomic mass is 10.1. The van der Waals surface area contributed by atoms with E-state index in [-0.39, 0.29) is 14.9 Å². The molecule has 21 heavy (non-hydrogen) atoms. The average molecular weight is 341 g/mol. The number of benzene rings is 2. The molecule has 0 heterocycles. The van der Waals surface area contributed by atoms with Crippen LogP contribution in [0.1, 0.15) is 11.6 Å². The van der Waals surface area contributed by atoms with Crippen molar-refractivity contribution < 1.29 is 8.42 Å². The first-order valence-corrected chi connectivity index (χ1v) is 8.09. The van der Waals surface area contributed by atoms with E-state index in [0.717, 1.165) is 0 Å². The summed E-state index contributed by atoms with van der Waals surface area (Å²) in [6.45, 7) is 0. The van der Waals surface area contributed by atoms with E-state index in [4.69, 9.17) is 28.5 Å². The maximum atomic E-state index is 12.3. The number of hydrogen-bond donors (Lipinski definition) is 1. The summed E-state index contributed by atoms with van der Waals surface area (Å²) in [6.07, 6.45) is 0. The van der Waals surface area contributed by atoms with Crippen molar-refractivity contribution in [2.24, 2.45) is 0 Å². The largest absolute Gasteiger partial charge is 0.242 e. The number of nitriles is 1. The molecule has 0 saturated heterocycles. The molecular weight excluding hydrogens is 331 g/mol. The third-order valence-corrected chi connectivity index (χ3v) is 4.52. The molecule has 0 aliphatic carbocycles. The molecule has 0 spiro atoms. The van der Waals surface area contributed by atoms with Crippen molar-refractivity contribution >= 4 is 33.2 Å². The highest BCUT2D eigenvalue weighted by Gasteiger charge is 2.21. The summed E-state index contributed by atoms with van der Waals surface area (Å²) in [5.74, 6) is 0. The summed E-state index contributed by atoms with van der Waals surface area (Å²) in [6, 6.07) is 13.5. The second-order valence-corrected chi connectivity index (χ2v) is 6.79. The van der Waals surface area contributed by atoms with Gasteiger partial charge in [0.05, 0.1) is 11.0 Å². The lowest BCUT2D eigenvalue weighted by molar-refractivity contribution is 0.575. The first-order valence-electron chi connectivity index (χ1n) is 5.85. The van der Waals surface area contributed by atoms with E-state index in [1.807, 2.05) is 6.07 Å². The van der Waals surface area contributed by atoms with Gasteiger partial charge < -0.3 is 0 Å². The van der Waals surface area contributed by atoms with Gasteiger partial charge in [-0.3, -0.25) is 0 Å². The van der Waals surface area contributed by atoms with Crippen LogP contribution in [0.15, 0.2) is 53.4 Å². The number of rotatable bonds is 4. The normalized spacial score (nSPS) is 12.6. The van der Waals surface area contributed by atoms with Crippen LogP contribution in [-0.4, -0.2) is 8.42 Å². The molecule has 2 rings (SSSR count). The molecule has 0 aromatic heterocycles. The Balaban J connectivity index is 2.34. The van der Waals surface area contributed by atoms with Crippen molar-refractivity contribution in [3.63, 3.8) is 0 Å². The summed E-state index contributed by atoms with van der Waals surface area (Å²) in [5.41, 5.74) is 0.552. The summed E-state index contributed by atoms with van der Waals surface area (Å²) >= 11 is 11.6. The molecule has 0 aliphatic heterocycles. The molecule has 1 atom stereocenters. The van der Waals surface area contributed by atoms with E-state index in [9.17, 15) is 8.42 Å².